The fraction of sp³-hybridized carbons (Fsp3) is 0.0952. The van der Waals surface area contributed by atoms with E-state index in [9.17, 15) is 4.79 Å². The lowest BCUT2D eigenvalue weighted by Crippen LogP contribution is -2.12. The number of carbonyl (C=O) groups excluding carboxylic acids is 1. The molecule has 7 heteroatoms. The van der Waals surface area contributed by atoms with E-state index in [1.54, 1.807) is 38.5 Å². The quantitative estimate of drug-likeness (QED) is 0.564. The Bertz CT molecular complexity index is 1130. The number of hydrogen-bond donors (Lipinski definition) is 1. The molecule has 0 spiro atoms. The van der Waals surface area contributed by atoms with Gasteiger partial charge in [0.1, 0.15) is 11.5 Å². The maximum absolute atomic E-state index is 12.5. The van der Waals surface area contributed by atoms with Gasteiger partial charge in [-0.3, -0.25) is 10.1 Å². The number of nitrogens with zero attached hydrogens (tertiary/aromatic N) is 2. The van der Waals surface area contributed by atoms with Crippen molar-refractivity contribution in [3.63, 3.8) is 0 Å². The molecule has 140 valence electrons. The molecule has 1 N–H and O–H groups in total. The molecule has 4 rings (SSSR count). The summed E-state index contributed by atoms with van der Waals surface area (Å²) in [5, 5.41) is 12.6. The van der Waals surface area contributed by atoms with Crippen LogP contribution in [-0.4, -0.2) is 30.3 Å². The van der Waals surface area contributed by atoms with Crippen LogP contribution in [-0.2, 0) is 0 Å². The first-order chi connectivity index (χ1) is 13.7. The average molecular weight is 375 g/mol. The summed E-state index contributed by atoms with van der Waals surface area (Å²) in [6, 6.07) is 18.5. The van der Waals surface area contributed by atoms with Crippen molar-refractivity contribution in [2.24, 2.45) is 0 Å². The Morgan fingerprint density at radius 1 is 0.893 bits per heavy atom. The highest BCUT2D eigenvalue weighted by Gasteiger charge is 2.15. The van der Waals surface area contributed by atoms with Gasteiger partial charge in [-0.1, -0.05) is 35.4 Å². The number of carbonyl (C=O) groups is 1. The number of ether oxygens (including phenoxy) is 2. The minimum absolute atomic E-state index is 0.00921. The van der Waals surface area contributed by atoms with Gasteiger partial charge in [-0.15, -0.1) is 5.10 Å². The first-order valence-corrected chi connectivity index (χ1v) is 8.53. The molecule has 0 aliphatic carbocycles. The van der Waals surface area contributed by atoms with E-state index in [2.05, 4.69) is 15.5 Å². The second-order valence-corrected chi connectivity index (χ2v) is 6.03. The summed E-state index contributed by atoms with van der Waals surface area (Å²) in [7, 11) is 3.11. The van der Waals surface area contributed by atoms with E-state index < -0.39 is 0 Å². The number of hydrogen-bond acceptors (Lipinski definition) is 6. The van der Waals surface area contributed by atoms with E-state index in [4.69, 9.17) is 13.9 Å². The maximum Gasteiger partial charge on any atom is 0.322 e. The van der Waals surface area contributed by atoms with Gasteiger partial charge in [0, 0.05) is 17.2 Å². The molecule has 0 radical (unpaired) electrons. The smallest absolute Gasteiger partial charge is 0.322 e. The van der Waals surface area contributed by atoms with E-state index in [0.717, 1.165) is 10.8 Å². The van der Waals surface area contributed by atoms with Crippen molar-refractivity contribution < 1.29 is 18.7 Å². The minimum atomic E-state index is -0.329. The molecule has 7 nitrogen and oxygen atoms in total. The first kappa shape index (κ1) is 17.5. The van der Waals surface area contributed by atoms with Crippen LogP contribution in [0.3, 0.4) is 0 Å². The molecular weight excluding hydrogens is 358 g/mol. The highest BCUT2D eigenvalue weighted by atomic mass is 16.5. The molecule has 0 saturated carbocycles. The lowest BCUT2D eigenvalue weighted by molar-refractivity contribution is 0.102. The minimum Gasteiger partial charge on any atom is -0.497 e. The standard InChI is InChI=1S/C21H17N3O4/c1-26-17-10-16(11-18(12-17)27-2)20-23-24-21(28-20)22-19(25)15-8-7-13-5-3-4-6-14(13)9-15/h3-12H,1-2H3,(H,22,24,25). The summed E-state index contributed by atoms with van der Waals surface area (Å²) >= 11 is 0. The summed E-state index contributed by atoms with van der Waals surface area (Å²) in [6.07, 6.45) is 0. The molecule has 0 aliphatic rings. The SMILES string of the molecule is COc1cc(OC)cc(-c2nnc(NC(=O)c3ccc4ccccc4c3)o2)c1. The lowest BCUT2D eigenvalue weighted by atomic mass is 10.1. The fourth-order valence-electron chi connectivity index (χ4n) is 2.82. The van der Waals surface area contributed by atoms with Crippen molar-refractivity contribution in [1.29, 1.82) is 0 Å². The van der Waals surface area contributed by atoms with Crippen LogP contribution in [0.5, 0.6) is 11.5 Å². The third-order valence-electron chi connectivity index (χ3n) is 4.26. The van der Waals surface area contributed by atoms with Crippen LogP contribution >= 0.6 is 0 Å². The molecule has 28 heavy (non-hydrogen) atoms. The Morgan fingerprint density at radius 2 is 1.61 bits per heavy atom. The summed E-state index contributed by atoms with van der Waals surface area (Å²) < 4.78 is 16.1. The predicted octanol–water partition coefficient (Wildman–Crippen LogP) is 4.16. The summed E-state index contributed by atoms with van der Waals surface area (Å²) in [4.78, 5) is 12.5. The van der Waals surface area contributed by atoms with Crippen LogP contribution in [0.1, 0.15) is 10.4 Å². The van der Waals surface area contributed by atoms with Crippen LogP contribution in [0.25, 0.3) is 22.2 Å². The monoisotopic (exact) mass is 375 g/mol. The van der Waals surface area contributed by atoms with Gasteiger partial charge in [0.05, 0.1) is 14.2 Å². The molecule has 0 fully saturated rings. The van der Waals surface area contributed by atoms with E-state index in [0.29, 0.717) is 22.6 Å². The van der Waals surface area contributed by atoms with E-state index in [1.165, 1.54) is 0 Å². The molecule has 0 aliphatic heterocycles. The highest BCUT2D eigenvalue weighted by Crippen LogP contribution is 2.29. The largest absolute Gasteiger partial charge is 0.497 e. The van der Waals surface area contributed by atoms with Crippen molar-refractivity contribution in [3.05, 3.63) is 66.2 Å². The summed E-state index contributed by atoms with van der Waals surface area (Å²) in [6.45, 7) is 0. The third kappa shape index (κ3) is 3.50. The van der Waals surface area contributed by atoms with Gasteiger partial charge in [0.25, 0.3) is 5.91 Å². The van der Waals surface area contributed by atoms with Crippen molar-refractivity contribution in [3.8, 4) is 23.0 Å². The Morgan fingerprint density at radius 3 is 2.32 bits per heavy atom. The van der Waals surface area contributed by atoms with Crippen molar-refractivity contribution >= 4 is 22.7 Å². The Hall–Kier alpha value is -3.87. The van der Waals surface area contributed by atoms with Gasteiger partial charge in [0.15, 0.2) is 0 Å². The van der Waals surface area contributed by atoms with Crippen LogP contribution < -0.4 is 14.8 Å². The topological polar surface area (TPSA) is 86.5 Å². The number of methoxy groups -OCH3 is 2. The lowest BCUT2D eigenvalue weighted by Gasteiger charge is -2.06. The number of anilines is 1. The molecule has 0 atom stereocenters. The fourth-order valence-corrected chi connectivity index (χ4v) is 2.82. The Labute approximate surface area is 160 Å². The first-order valence-electron chi connectivity index (χ1n) is 8.53. The normalized spacial score (nSPS) is 10.6. The van der Waals surface area contributed by atoms with Crippen LogP contribution in [0, 0.1) is 0 Å². The average Bonchev–Trinajstić information content (AvgIpc) is 3.21. The number of amides is 1. The molecule has 0 bridgehead atoms. The molecule has 1 heterocycles. The zero-order valence-electron chi connectivity index (χ0n) is 15.3. The summed E-state index contributed by atoms with van der Waals surface area (Å²) in [5.41, 5.74) is 1.12. The number of benzene rings is 3. The van der Waals surface area contributed by atoms with Crippen molar-refractivity contribution in [1.82, 2.24) is 10.2 Å². The Balaban J connectivity index is 1.56. The van der Waals surface area contributed by atoms with Crippen LogP contribution in [0.4, 0.5) is 6.01 Å². The maximum atomic E-state index is 12.5. The number of nitrogens with one attached hydrogen (secondary N) is 1. The van der Waals surface area contributed by atoms with Gasteiger partial charge >= 0.3 is 6.01 Å². The zero-order valence-corrected chi connectivity index (χ0v) is 15.3. The van der Waals surface area contributed by atoms with Crippen molar-refractivity contribution in [2.75, 3.05) is 19.5 Å². The zero-order chi connectivity index (χ0) is 19.5. The molecule has 0 unspecified atom stereocenters. The van der Waals surface area contributed by atoms with Gasteiger partial charge in [-0.25, -0.2) is 0 Å². The predicted molar refractivity (Wildman–Crippen MR) is 105 cm³/mol. The second-order valence-electron chi connectivity index (χ2n) is 6.03. The summed E-state index contributed by atoms with van der Waals surface area (Å²) in [5.74, 6) is 1.10. The highest BCUT2D eigenvalue weighted by molar-refractivity contribution is 6.05. The second kappa shape index (κ2) is 7.40. The van der Waals surface area contributed by atoms with Gasteiger partial charge in [-0.05, 0) is 35.0 Å². The van der Waals surface area contributed by atoms with E-state index in [1.807, 2.05) is 36.4 Å². The van der Waals surface area contributed by atoms with Gasteiger partial charge < -0.3 is 13.9 Å². The Kier molecular flexibility index (Phi) is 4.63. The van der Waals surface area contributed by atoms with Gasteiger partial charge in [0.2, 0.25) is 5.89 Å². The van der Waals surface area contributed by atoms with Gasteiger partial charge in [-0.2, -0.15) is 0 Å². The molecule has 3 aromatic carbocycles. The van der Waals surface area contributed by atoms with Crippen LogP contribution in [0.15, 0.2) is 65.1 Å². The van der Waals surface area contributed by atoms with Crippen LogP contribution in [0.2, 0.25) is 0 Å². The number of fused-ring (bicyclic) bond motifs is 1. The molecule has 1 amide bonds. The van der Waals surface area contributed by atoms with E-state index in [-0.39, 0.29) is 17.8 Å². The van der Waals surface area contributed by atoms with Crippen molar-refractivity contribution in [2.45, 2.75) is 0 Å². The number of rotatable bonds is 5. The molecule has 0 saturated heterocycles. The third-order valence-corrected chi connectivity index (χ3v) is 4.26. The molecule has 4 aromatic rings. The number of aromatic nitrogens is 2. The molecule has 1 aromatic heterocycles. The van der Waals surface area contributed by atoms with E-state index >= 15 is 0 Å². The molecular formula is C21H17N3O4.